The molecule has 0 N–H and O–H groups in total. The standard InChI is InChI=1S/C17H15FO4S2/c18-15-4-2-1-3-14(15)16-7-5-13(23-16)6-8-17(19)22-12-9-10-24(20,21)11-12/h1-8,12H,9-11H2. The van der Waals surface area contributed by atoms with E-state index < -0.39 is 21.9 Å². The quantitative estimate of drug-likeness (QED) is 0.615. The van der Waals surface area contributed by atoms with E-state index in [0.717, 1.165) is 9.75 Å². The highest BCUT2D eigenvalue weighted by Crippen LogP contribution is 2.30. The molecule has 1 aliphatic rings. The van der Waals surface area contributed by atoms with Crippen LogP contribution in [0.5, 0.6) is 0 Å². The highest BCUT2D eigenvalue weighted by atomic mass is 32.2. The van der Waals surface area contributed by atoms with Gasteiger partial charge in [0, 0.05) is 21.4 Å². The summed E-state index contributed by atoms with van der Waals surface area (Å²) in [5, 5.41) is 0. The first kappa shape index (κ1) is 16.9. The number of esters is 1. The maximum Gasteiger partial charge on any atom is 0.331 e. The summed E-state index contributed by atoms with van der Waals surface area (Å²) >= 11 is 1.35. The van der Waals surface area contributed by atoms with Crippen LogP contribution >= 0.6 is 11.3 Å². The number of halogens is 1. The first-order chi connectivity index (χ1) is 11.4. The minimum Gasteiger partial charge on any atom is -0.458 e. The molecule has 0 bridgehead atoms. The van der Waals surface area contributed by atoms with Crippen LogP contribution in [0.25, 0.3) is 16.5 Å². The van der Waals surface area contributed by atoms with Crippen molar-refractivity contribution in [3.63, 3.8) is 0 Å². The van der Waals surface area contributed by atoms with Crippen molar-refractivity contribution in [2.24, 2.45) is 0 Å². The van der Waals surface area contributed by atoms with E-state index in [4.69, 9.17) is 4.74 Å². The van der Waals surface area contributed by atoms with Gasteiger partial charge in [0.1, 0.15) is 11.9 Å². The maximum absolute atomic E-state index is 13.8. The fourth-order valence-electron chi connectivity index (χ4n) is 2.46. The lowest BCUT2D eigenvalue weighted by molar-refractivity contribution is -0.141. The lowest BCUT2D eigenvalue weighted by atomic mass is 10.2. The summed E-state index contributed by atoms with van der Waals surface area (Å²) in [4.78, 5) is 13.3. The number of sulfone groups is 1. The Kier molecular flexibility index (Phi) is 4.82. The minimum absolute atomic E-state index is 0.0611. The van der Waals surface area contributed by atoms with Crippen molar-refractivity contribution >= 4 is 33.2 Å². The van der Waals surface area contributed by atoms with Crippen molar-refractivity contribution in [3.8, 4) is 10.4 Å². The Morgan fingerprint density at radius 2 is 2.04 bits per heavy atom. The number of hydrogen-bond acceptors (Lipinski definition) is 5. The topological polar surface area (TPSA) is 60.4 Å². The number of ether oxygens (including phenoxy) is 1. The van der Waals surface area contributed by atoms with Crippen LogP contribution in [0.4, 0.5) is 4.39 Å². The van der Waals surface area contributed by atoms with E-state index in [-0.39, 0.29) is 17.3 Å². The molecule has 7 heteroatoms. The molecule has 1 fully saturated rings. The van der Waals surface area contributed by atoms with Gasteiger partial charge in [-0.25, -0.2) is 17.6 Å². The monoisotopic (exact) mass is 366 g/mol. The average Bonchev–Trinajstić information content (AvgIpc) is 3.12. The zero-order chi connectivity index (χ0) is 17.2. The lowest BCUT2D eigenvalue weighted by Gasteiger charge is -2.07. The number of rotatable bonds is 4. The minimum atomic E-state index is -3.07. The number of carbonyl (C=O) groups excluding carboxylic acids is 1. The molecule has 4 nitrogen and oxygen atoms in total. The smallest absolute Gasteiger partial charge is 0.331 e. The summed E-state index contributed by atoms with van der Waals surface area (Å²) < 4.78 is 41.5. The Balaban J connectivity index is 1.63. The van der Waals surface area contributed by atoms with Gasteiger partial charge >= 0.3 is 5.97 Å². The van der Waals surface area contributed by atoms with Crippen LogP contribution in [0.3, 0.4) is 0 Å². The van der Waals surface area contributed by atoms with Gasteiger partial charge in [-0.05, 0) is 30.7 Å². The molecule has 126 valence electrons. The van der Waals surface area contributed by atoms with Crippen LogP contribution in [0, 0.1) is 5.82 Å². The molecular weight excluding hydrogens is 351 g/mol. The van der Waals surface area contributed by atoms with Gasteiger partial charge in [0.2, 0.25) is 0 Å². The fourth-order valence-corrected chi connectivity index (χ4v) is 4.98. The van der Waals surface area contributed by atoms with E-state index >= 15 is 0 Å². The Morgan fingerprint density at radius 3 is 2.75 bits per heavy atom. The molecule has 1 aromatic carbocycles. The van der Waals surface area contributed by atoms with Gasteiger partial charge in [-0.15, -0.1) is 11.3 Å². The van der Waals surface area contributed by atoms with Gasteiger partial charge in [0.05, 0.1) is 11.5 Å². The molecule has 2 heterocycles. The summed E-state index contributed by atoms with van der Waals surface area (Å²) in [6.07, 6.45) is 2.63. The zero-order valence-electron chi connectivity index (χ0n) is 12.6. The second-order valence-electron chi connectivity index (χ2n) is 5.48. The SMILES string of the molecule is O=C(C=Cc1ccc(-c2ccccc2F)s1)OC1CCS(=O)(=O)C1. The van der Waals surface area contributed by atoms with Crippen molar-refractivity contribution in [2.45, 2.75) is 12.5 Å². The Labute approximate surface area is 143 Å². The molecule has 24 heavy (non-hydrogen) atoms. The van der Waals surface area contributed by atoms with Gasteiger partial charge < -0.3 is 4.74 Å². The van der Waals surface area contributed by atoms with Crippen molar-refractivity contribution in [2.75, 3.05) is 11.5 Å². The van der Waals surface area contributed by atoms with Crippen molar-refractivity contribution in [1.82, 2.24) is 0 Å². The van der Waals surface area contributed by atoms with E-state index in [1.54, 1.807) is 36.4 Å². The van der Waals surface area contributed by atoms with E-state index in [1.807, 2.05) is 0 Å². The third-order valence-corrected chi connectivity index (χ3v) is 6.44. The normalized spacial score (nSPS) is 19.6. The maximum atomic E-state index is 13.8. The molecule has 0 aliphatic carbocycles. The molecule has 1 atom stereocenters. The molecule has 1 saturated heterocycles. The molecule has 0 radical (unpaired) electrons. The fraction of sp³-hybridized carbons (Fsp3) is 0.235. The molecule has 0 saturated carbocycles. The first-order valence-corrected chi connectivity index (χ1v) is 10.0. The molecule has 3 rings (SSSR count). The average molecular weight is 366 g/mol. The number of hydrogen-bond donors (Lipinski definition) is 0. The van der Waals surface area contributed by atoms with Crippen LogP contribution in [-0.2, 0) is 19.4 Å². The predicted octanol–water partition coefficient (Wildman–Crippen LogP) is 3.30. The van der Waals surface area contributed by atoms with Crippen molar-refractivity contribution in [3.05, 3.63) is 53.2 Å². The summed E-state index contributed by atoms with van der Waals surface area (Å²) in [5.41, 5.74) is 0.515. The number of carbonyl (C=O) groups is 1. The number of benzene rings is 1. The molecule has 0 amide bonds. The second kappa shape index (κ2) is 6.86. The Hall–Kier alpha value is -1.99. The molecule has 0 spiro atoms. The molecule has 2 aromatic rings. The molecule has 1 aromatic heterocycles. The molecule has 1 unspecified atom stereocenters. The Morgan fingerprint density at radius 1 is 1.25 bits per heavy atom. The van der Waals surface area contributed by atoms with E-state index in [2.05, 4.69) is 0 Å². The highest BCUT2D eigenvalue weighted by Gasteiger charge is 2.30. The third-order valence-electron chi connectivity index (χ3n) is 3.62. The second-order valence-corrected chi connectivity index (χ2v) is 8.82. The van der Waals surface area contributed by atoms with Gasteiger partial charge in [-0.2, -0.15) is 0 Å². The summed E-state index contributed by atoms with van der Waals surface area (Å²) in [7, 11) is -3.07. The van der Waals surface area contributed by atoms with Crippen LogP contribution in [-0.4, -0.2) is 32.0 Å². The summed E-state index contributed by atoms with van der Waals surface area (Å²) in [5.74, 6) is -0.913. The van der Waals surface area contributed by atoms with Crippen molar-refractivity contribution < 1.29 is 22.3 Å². The van der Waals surface area contributed by atoms with Crippen LogP contribution in [0.15, 0.2) is 42.5 Å². The predicted molar refractivity (Wildman–Crippen MR) is 91.9 cm³/mol. The molecular formula is C17H15FO4S2. The number of thiophene rings is 1. The van der Waals surface area contributed by atoms with Gasteiger partial charge in [-0.1, -0.05) is 18.2 Å². The lowest BCUT2D eigenvalue weighted by Crippen LogP contribution is -2.17. The summed E-state index contributed by atoms with van der Waals surface area (Å²) in [6, 6.07) is 10.1. The van der Waals surface area contributed by atoms with Crippen LogP contribution < -0.4 is 0 Å². The summed E-state index contributed by atoms with van der Waals surface area (Å²) in [6.45, 7) is 0. The largest absolute Gasteiger partial charge is 0.458 e. The van der Waals surface area contributed by atoms with Gasteiger partial charge in [0.25, 0.3) is 0 Å². The van der Waals surface area contributed by atoms with Crippen LogP contribution in [0.1, 0.15) is 11.3 Å². The highest BCUT2D eigenvalue weighted by molar-refractivity contribution is 7.91. The van der Waals surface area contributed by atoms with Gasteiger partial charge in [-0.3, -0.25) is 0 Å². The first-order valence-electron chi connectivity index (χ1n) is 7.37. The van der Waals surface area contributed by atoms with E-state index in [0.29, 0.717) is 12.0 Å². The van der Waals surface area contributed by atoms with E-state index in [1.165, 1.54) is 23.5 Å². The molecule has 1 aliphatic heterocycles. The van der Waals surface area contributed by atoms with Crippen LogP contribution in [0.2, 0.25) is 0 Å². The zero-order valence-corrected chi connectivity index (χ0v) is 14.3. The van der Waals surface area contributed by atoms with Crippen molar-refractivity contribution in [1.29, 1.82) is 0 Å². The van der Waals surface area contributed by atoms with E-state index in [9.17, 15) is 17.6 Å². The van der Waals surface area contributed by atoms with Gasteiger partial charge in [0.15, 0.2) is 9.84 Å². The third kappa shape index (κ3) is 4.10. The Bertz CT molecular complexity index is 884.